The third kappa shape index (κ3) is 3.54. The third-order valence-corrected chi connectivity index (χ3v) is 3.04. The molecule has 0 aliphatic rings. The second-order valence-corrected chi connectivity index (χ2v) is 4.56. The van der Waals surface area contributed by atoms with Gasteiger partial charge in [-0.15, -0.1) is 0 Å². The first kappa shape index (κ1) is 14.5. The molecule has 0 aromatic heterocycles. The van der Waals surface area contributed by atoms with E-state index in [0.29, 0.717) is 18.6 Å². The molecule has 1 atom stereocenters. The van der Waals surface area contributed by atoms with Crippen molar-refractivity contribution in [1.82, 2.24) is 0 Å². The second kappa shape index (κ2) is 6.48. The van der Waals surface area contributed by atoms with E-state index >= 15 is 0 Å². The zero-order chi connectivity index (χ0) is 14.5. The monoisotopic (exact) mass is 277 g/mol. The number of ether oxygens (including phenoxy) is 1. The maximum atomic E-state index is 13.2. The van der Waals surface area contributed by atoms with Gasteiger partial charge in [0, 0.05) is 6.04 Å². The largest absolute Gasteiger partial charge is 0.494 e. The average Bonchev–Trinajstić information content (AvgIpc) is 2.43. The first-order valence-electron chi connectivity index (χ1n) is 6.52. The highest BCUT2D eigenvalue weighted by Gasteiger charge is 2.10. The summed E-state index contributed by atoms with van der Waals surface area (Å²) in [6, 6.07) is 11.0. The van der Waals surface area contributed by atoms with Crippen molar-refractivity contribution in [3.63, 3.8) is 0 Å². The first-order chi connectivity index (χ1) is 9.60. The lowest BCUT2D eigenvalue weighted by atomic mass is 9.99. The molecule has 2 aromatic rings. The van der Waals surface area contributed by atoms with Crippen LogP contribution in [0.3, 0.4) is 0 Å². The molecule has 0 spiro atoms. The van der Waals surface area contributed by atoms with Gasteiger partial charge in [0.15, 0.2) is 11.6 Å². The highest BCUT2D eigenvalue weighted by Crippen LogP contribution is 2.21. The summed E-state index contributed by atoms with van der Waals surface area (Å²) in [7, 11) is 0. The van der Waals surface area contributed by atoms with Crippen LogP contribution in [0.15, 0.2) is 42.5 Å². The van der Waals surface area contributed by atoms with Crippen LogP contribution < -0.4 is 10.5 Å². The molecule has 0 bridgehead atoms. The van der Waals surface area contributed by atoms with Crippen LogP contribution in [-0.4, -0.2) is 6.61 Å². The summed E-state index contributed by atoms with van der Waals surface area (Å²) in [4.78, 5) is 0. The normalized spacial score (nSPS) is 12.2. The zero-order valence-electron chi connectivity index (χ0n) is 11.3. The van der Waals surface area contributed by atoms with Crippen molar-refractivity contribution in [2.75, 3.05) is 6.61 Å². The Morgan fingerprint density at radius 3 is 2.60 bits per heavy atom. The predicted octanol–water partition coefficient (Wildman–Crippen LogP) is 3.61. The summed E-state index contributed by atoms with van der Waals surface area (Å²) in [6.07, 6.45) is 0.437. The summed E-state index contributed by atoms with van der Waals surface area (Å²) >= 11 is 0. The fraction of sp³-hybridized carbons (Fsp3) is 0.250. The van der Waals surface area contributed by atoms with Crippen molar-refractivity contribution in [2.45, 2.75) is 19.4 Å². The molecule has 2 aromatic carbocycles. The maximum Gasteiger partial charge on any atom is 0.159 e. The molecule has 20 heavy (non-hydrogen) atoms. The Morgan fingerprint density at radius 2 is 1.90 bits per heavy atom. The lowest BCUT2D eigenvalue weighted by molar-refractivity contribution is 0.339. The smallest absolute Gasteiger partial charge is 0.159 e. The van der Waals surface area contributed by atoms with Gasteiger partial charge >= 0.3 is 0 Å². The Kier molecular flexibility index (Phi) is 4.69. The lowest BCUT2D eigenvalue weighted by Gasteiger charge is -2.14. The molecular weight excluding hydrogens is 260 g/mol. The molecule has 0 heterocycles. The van der Waals surface area contributed by atoms with Crippen LogP contribution in [0.1, 0.15) is 24.1 Å². The first-order valence-corrected chi connectivity index (χ1v) is 6.52. The number of benzene rings is 2. The Hall–Kier alpha value is -1.94. The Bertz CT molecular complexity index is 586. The highest BCUT2D eigenvalue weighted by atomic mass is 19.2. The van der Waals surface area contributed by atoms with Crippen molar-refractivity contribution in [2.24, 2.45) is 5.73 Å². The molecule has 4 heteroatoms. The van der Waals surface area contributed by atoms with Crippen LogP contribution >= 0.6 is 0 Å². The van der Waals surface area contributed by atoms with Crippen LogP contribution in [-0.2, 0) is 6.42 Å². The van der Waals surface area contributed by atoms with Gasteiger partial charge in [-0.2, -0.15) is 0 Å². The number of rotatable bonds is 5. The van der Waals surface area contributed by atoms with Crippen molar-refractivity contribution in [1.29, 1.82) is 0 Å². The SMILES string of the molecule is CCOc1cccc(C(N)Cc2ccc(F)c(F)c2)c1. The second-order valence-electron chi connectivity index (χ2n) is 4.56. The Labute approximate surface area is 117 Å². The number of hydrogen-bond donors (Lipinski definition) is 1. The van der Waals surface area contributed by atoms with E-state index in [1.54, 1.807) is 6.07 Å². The van der Waals surface area contributed by atoms with Gasteiger partial charge in [0.25, 0.3) is 0 Å². The quantitative estimate of drug-likeness (QED) is 0.906. The van der Waals surface area contributed by atoms with E-state index < -0.39 is 11.6 Å². The third-order valence-electron chi connectivity index (χ3n) is 3.04. The van der Waals surface area contributed by atoms with Gasteiger partial charge in [0.05, 0.1) is 6.61 Å². The average molecular weight is 277 g/mol. The predicted molar refractivity (Wildman–Crippen MR) is 74.6 cm³/mol. The number of hydrogen-bond acceptors (Lipinski definition) is 2. The van der Waals surface area contributed by atoms with Gasteiger partial charge in [-0.3, -0.25) is 0 Å². The van der Waals surface area contributed by atoms with Gasteiger partial charge in [-0.1, -0.05) is 18.2 Å². The van der Waals surface area contributed by atoms with Crippen LogP contribution in [0, 0.1) is 11.6 Å². The van der Waals surface area contributed by atoms with Crippen molar-refractivity contribution < 1.29 is 13.5 Å². The number of nitrogens with two attached hydrogens (primary N) is 1. The van der Waals surface area contributed by atoms with E-state index in [4.69, 9.17) is 10.5 Å². The van der Waals surface area contributed by atoms with Gasteiger partial charge < -0.3 is 10.5 Å². The molecule has 106 valence electrons. The maximum absolute atomic E-state index is 13.2. The number of halogens is 2. The summed E-state index contributed by atoms with van der Waals surface area (Å²) in [5.41, 5.74) is 7.68. The van der Waals surface area contributed by atoms with Gasteiger partial charge in [0.1, 0.15) is 5.75 Å². The highest BCUT2D eigenvalue weighted by molar-refractivity contribution is 5.31. The fourth-order valence-corrected chi connectivity index (χ4v) is 2.04. The molecule has 0 fully saturated rings. The van der Waals surface area contributed by atoms with E-state index in [0.717, 1.165) is 17.4 Å². The molecule has 0 amide bonds. The Balaban J connectivity index is 2.12. The van der Waals surface area contributed by atoms with Crippen LogP contribution in [0.2, 0.25) is 0 Å². The van der Waals surface area contributed by atoms with Gasteiger partial charge in [0.2, 0.25) is 0 Å². The topological polar surface area (TPSA) is 35.2 Å². The van der Waals surface area contributed by atoms with E-state index in [-0.39, 0.29) is 6.04 Å². The summed E-state index contributed by atoms with van der Waals surface area (Å²) in [5, 5.41) is 0. The molecular formula is C16H17F2NO. The molecule has 0 saturated heterocycles. The van der Waals surface area contributed by atoms with Crippen LogP contribution in [0.5, 0.6) is 5.75 Å². The van der Waals surface area contributed by atoms with Gasteiger partial charge in [-0.05, 0) is 48.7 Å². The molecule has 0 saturated carbocycles. The standard InChI is InChI=1S/C16H17F2NO/c1-2-20-13-5-3-4-12(10-13)16(19)9-11-6-7-14(17)15(18)8-11/h3-8,10,16H,2,9,19H2,1H3. The lowest BCUT2D eigenvalue weighted by Crippen LogP contribution is -2.13. The minimum Gasteiger partial charge on any atom is -0.494 e. The molecule has 2 rings (SSSR count). The Morgan fingerprint density at radius 1 is 1.10 bits per heavy atom. The van der Waals surface area contributed by atoms with E-state index in [2.05, 4.69) is 0 Å². The molecule has 0 aliphatic carbocycles. The van der Waals surface area contributed by atoms with Crippen molar-refractivity contribution in [3.8, 4) is 5.75 Å². The minimum atomic E-state index is -0.849. The van der Waals surface area contributed by atoms with E-state index in [1.165, 1.54) is 6.07 Å². The van der Waals surface area contributed by atoms with E-state index in [1.807, 2.05) is 31.2 Å². The molecule has 1 unspecified atom stereocenters. The molecule has 2 N–H and O–H groups in total. The van der Waals surface area contributed by atoms with Crippen molar-refractivity contribution >= 4 is 0 Å². The summed E-state index contributed by atoms with van der Waals surface area (Å²) < 4.78 is 31.5. The molecule has 0 aliphatic heterocycles. The van der Waals surface area contributed by atoms with Crippen LogP contribution in [0.4, 0.5) is 8.78 Å². The van der Waals surface area contributed by atoms with Gasteiger partial charge in [-0.25, -0.2) is 8.78 Å². The molecule has 2 nitrogen and oxygen atoms in total. The minimum absolute atomic E-state index is 0.291. The summed E-state index contributed by atoms with van der Waals surface area (Å²) in [6.45, 7) is 2.50. The zero-order valence-corrected chi connectivity index (χ0v) is 11.3. The van der Waals surface area contributed by atoms with Crippen LogP contribution in [0.25, 0.3) is 0 Å². The van der Waals surface area contributed by atoms with E-state index in [9.17, 15) is 8.78 Å². The molecule has 0 radical (unpaired) electrons. The summed E-state index contributed by atoms with van der Waals surface area (Å²) in [5.74, 6) is -0.941. The van der Waals surface area contributed by atoms with Crippen molar-refractivity contribution in [3.05, 3.63) is 65.2 Å². The fourth-order valence-electron chi connectivity index (χ4n) is 2.04.